The van der Waals surface area contributed by atoms with Gasteiger partial charge in [-0.15, -0.1) is 11.3 Å². The molecule has 1 aliphatic heterocycles. The third kappa shape index (κ3) is 3.69. The van der Waals surface area contributed by atoms with Crippen LogP contribution < -0.4 is 10.2 Å². The van der Waals surface area contributed by atoms with Crippen molar-refractivity contribution in [1.82, 2.24) is 10.3 Å². The lowest BCUT2D eigenvalue weighted by Gasteiger charge is -2.31. The summed E-state index contributed by atoms with van der Waals surface area (Å²) in [6.45, 7) is 7.84. The molecule has 2 rings (SSSR count). The first-order valence-electron chi connectivity index (χ1n) is 7.66. The Hall–Kier alpha value is -0.610. The Morgan fingerprint density at radius 1 is 1.32 bits per heavy atom. The molecule has 0 atom stereocenters. The molecule has 1 N–H and O–H groups in total. The summed E-state index contributed by atoms with van der Waals surface area (Å²) in [6, 6.07) is 0. The summed E-state index contributed by atoms with van der Waals surface area (Å²) in [6.07, 6.45) is 6.46. The zero-order valence-corrected chi connectivity index (χ0v) is 13.4. The number of hydrogen-bond acceptors (Lipinski definition) is 4. The molecule has 4 heteroatoms. The van der Waals surface area contributed by atoms with Gasteiger partial charge in [-0.1, -0.05) is 26.7 Å². The van der Waals surface area contributed by atoms with Crippen molar-refractivity contribution in [2.45, 2.75) is 52.5 Å². The van der Waals surface area contributed by atoms with Crippen molar-refractivity contribution >= 4 is 16.5 Å². The standard InChI is InChI=1S/C15H27N3S/c1-4-6-12-7-9-18(10-8-12)15-17-13(5-2)14(19-15)11-16-3/h12,16H,4-11H2,1-3H3. The molecule has 2 heterocycles. The second-order valence-corrected chi connectivity index (χ2v) is 6.53. The molecular formula is C15H27N3S. The van der Waals surface area contributed by atoms with Crippen molar-refractivity contribution in [3.8, 4) is 0 Å². The third-order valence-corrected chi connectivity index (χ3v) is 5.18. The Morgan fingerprint density at radius 2 is 2.05 bits per heavy atom. The minimum atomic E-state index is 0.948. The first kappa shape index (κ1) is 14.8. The largest absolute Gasteiger partial charge is 0.348 e. The van der Waals surface area contributed by atoms with Gasteiger partial charge in [-0.25, -0.2) is 4.98 Å². The number of aromatic nitrogens is 1. The van der Waals surface area contributed by atoms with E-state index < -0.39 is 0 Å². The molecule has 0 spiro atoms. The van der Waals surface area contributed by atoms with Gasteiger partial charge in [0, 0.05) is 24.5 Å². The second-order valence-electron chi connectivity index (χ2n) is 5.47. The monoisotopic (exact) mass is 281 g/mol. The van der Waals surface area contributed by atoms with Gasteiger partial charge in [-0.3, -0.25) is 0 Å². The molecule has 0 saturated carbocycles. The number of aryl methyl sites for hydroxylation is 1. The van der Waals surface area contributed by atoms with E-state index in [4.69, 9.17) is 4.98 Å². The molecular weight excluding hydrogens is 254 g/mol. The molecule has 3 nitrogen and oxygen atoms in total. The maximum absolute atomic E-state index is 4.85. The molecule has 0 bridgehead atoms. The number of anilines is 1. The van der Waals surface area contributed by atoms with Gasteiger partial charge in [0.05, 0.1) is 5.69 Å². The van der Waals surface area contributed by atoms with Crippen molar-refractivity contribution in [3.05, 3.63) is 10.6 Å². The van der Waals surface area contributed by atoms with E-state index in [1.807, 2.05) is 18.4 Å². The number of hydrogen-bond donors (Lipinski definition) is 1. The number of thiazole rings is 1. The molecule has 0 unspecified atom stereocenters. The zero-order valence-electron chi connectivity index (χ0n) is 12.5. The van der Waals surface area contributed by atoms with E-state index in [9.17, 15) is 0 Å². The summed E-state index contributed by atoms with van der Waals surface area (Å²) < 4.78 is 0. The fraction of sp³-hybridized carbons (Fsp3) is 0.800. The van der Waals surface area contributed by atoms with E-state index in [2.05, 4.69) is 24.1 Å². The average molecular weight is 281 g/mol. The maximum Gasteiger partial charge on any atom is 0.185 e. The smallest absolute Gasteiger partial charge is 0.185 e. The van der Waals surface area contributed by atoms with Crippen LogP contribution in [0, 0.1) is 5.92 Å². The lowest BCUT2D eigenvalue weighted by Crippen LogP contribution is -2.33. The normalized spacial score (nSPS) is 17.1. The van der Waals surface area contributed by atoms with Crippen molar-refractivity contribution in [2.75, 3.05) is 25.0 Å². The number of piperidine rings is 1. The molecule has 0 aliphatic carbocycles. The van der Waals surface area contributed by atoms with Crippen LogP contribution in [0.3, 0.4) is 0 Å². The van der Waals surface area contributed by atoms with Gasteiger partial charge in [-0.2, -0.15) is 0 Å². The fourth-order valence-corrected chi connectivity index (χ4v) is 4.11. The molecule has 19 heavy (non-hydrogen) atoms. The van der Waals surface area contributed by atoms with Gasteiger partial charge in [0.15, 0.2) is 5.13 Å². The van der Waals surface area contributed by atoms with Crippen LogP contribution in [0.15, 0.2) is 0 Å². The lowest BCUT2D eigenvalue weighted by molar-refractivity contribution is 0.378. The number of rotatable bonds is 6. The SMILES string of the molecule is CCCC1CCN(c2nc(CC)c(CNC)s2)CC1. The number of nitrogens with one attached hydrogen (secondary N) is 1. The van der Waals surface area contributed by atoms with Crippen molar-refractivity contribution in [2.24, 2.45) is 5.92 Å². The molecule has 0 radical (unpaired) electrons. The average Bonchev–Trinajstić information content (AvgIpc) is 2.84. The van der Waals surface area contributed by atoms with E-state index in [0.29, 0.717) is 0 Å². The summed E-state index contributed by atoms with van der Waals surface area (Å²) in [5.41, 5.74) is 1.28. The van der Waals surface area contributed by atoms with Crippen molar-refractivity contribution in [3.63, 3.8) is 0 Å². The minimum absolute atomic E-state index is 0.948. The van der Waals surface area contributed by atoms with Gasteiger partial charge >= 0.3 is 0 Å². The summed E-state index contributed by atoms with van der Waals surface area (Å²) in [4.78, 5) is 8.75. The van der Waals surface area contributed by atoms with E-state index in [1.165, 1.54) is 54.5 Å². The third-order valence-electron chi connectivity index (χ3n) is 4.02. The van der Waals surface area contributed by atoms with Crippen LogP contribution in [-0.2, 0) is 13.0 Å². The van der Waals surface area contributed by atoms with E-state index in [-0.39, 0.29) is 0 Å². The molecule has 1 aromatic rings. The van der Waals surface area contributed by atoms with Crippen LogP contribution in [0.25, 0.3) is 0 Å². The zero-order chi connectivity index (χ0) is 13.7. The summed E-state index contributed by atoms with van der Waals surface area (Å²) in [5, 5.41) is 4.50. The topological polar surface area (TPSA) is 28.2 Å². The van der Waals surface area contributed by atoms with Gasteiger partial charge in [0.2, 0.25) is 0 Å². The molecule has 0 amide bonds. The van der Waals surface area contributed by atoms with E-state index >= 15 is 0 Å². The molecule has 1 aromatic heterocycles. The molecule has 1 saturated heterocycles. The number of nitrogens with zero attached hydrogens (tertiary/aromatic N) is 2. The highest BCUT2D eigenvalue weighted by Gasteiger charge is 2.21. The highest BCUT2D eigenvalue weighted by atomic mass is 32.1. The summed E-state index contributed by atoms with van der Waals surface area (Å²) in [7, 11) is 2.01. The Bertz CT molecular complexity index is 381. The van der Waals surface area contributed by atoms with Crippen molar-refractivity contribution < 1.29 is 0 Å². The quantitative estimate of drug-likeness (QED) is 0.866. The fourth-order valence-electron chi connectivity index (χ4n) is 2.90. The Balaban J connectivity index is 1.99. The van der Waals surface area contributed by atoms with Gasteiger partial charge < -0.3 is 10.2 Å². The Morgan fingerprint density at radius 3 is 2.63 bits per heavy atom. The highest BCUT2D eigenvalue weighted by molar-refractivity contribution is 7.15. The van der Waals surface area contributed by atoms with Gasteiger partial charge in [-0.05, 0) is 32.2 Å². The van der Waals surface area contributed by atoms with Crippen LogP contribution in [-0.4, -0.2) is 25.1 Å². The lowest BCUT2D eigenvalue weighted by atomic mass is 9.93. The van der Waals surface area contributed by atoms with Crippen LogP contribution in [0.5, 0.6) is 0 Å². The first-order valence-corrected chi connectivity index (χ1v) is 8.48. The molecule has 1 fully saturated rings. The first-order chi connectivity index (χ1) is 9.28. The summed E-state index contributed by atoms with van der Waals surface area (Å²) in [5.74, 6) is 0.948. The van der Waals surface area contributed by atoms with Crippen molar-refractivity contribution in [1.29, 1.82) is 0 Å². The van der Waals surface area contributed by atoms with E-state index in [0.717, 1.165) is 18.9 Å². The van der Waals surface area contributed by atoms with Crippen LogP contribution >= 0.6 is 11.3 Å². The highest BCUT2D eigenvalue weighted by Crippen LogP contribution is 2.31. The Kier molecular flexibility index (Phi) is 5.64. The maximum atomic E-state index is 4.85. The molecule has 1 aliphatic rings. The van der Waals surface area contributed by atoms with Gasteiger partial charge in [0.1, 0.15) is 0 Å². The summed E-state index contributed by atoms with van der Waals surface area (Å²) >= 11 is 1.88. The Labute approximate surface area is 121 Å². The predicted octanol–water partition coefficient (Wildman–Crippen LogP) is 3.44. The molecule has 108 valence electrons. The van der Waals surface area contributed by atoms with Gasteiger partial charge in [0.25, 0.3) is 0 Å². The molecule has 0 aromatic carbocycles. The van der Waals surface area contributed by atoms with E-state index in [1.54, 1.807) is 0 Å². The van der Waals surface area contributed by atoms with Crippen LogP contribution in [0.4, 0.5) is 5.13 Å². The van der Waals surface area contributed by atoms with Crippen LogP contribution in [0.1, 0.15) is 50.1 Å². The van der Waals surface area contributed by atoms with Crippen LogP contribution in [0.2, 0.25) is 0 Å². The predicted molar refractivity (Wildman–Crippen MR) is 84.1 cm³/mol. The minimum Gasteiger partial charge on any atom is -0.348 e. The second kappa shape index (κ2) is 7.25.